The average Bonchev–Trinajstić information content (AvgIpc) is 2.86. The summed E-state index contributed by atoms with van der Waals surface area (Å²) in [5.74, 6) is 0.752. The third-order valence-corrected chi connectivity index (χ3v) is 3.49. The van der Waals surface area contributed by atoms with E-state index in [-0.39, 0.29) is 12.6 Å². The molecule has 2 atom stereocenters. The van der Waals surface area contributed by atoms with Gasteiger partial charge in [-0.1, -0.05) is 6.92 Å². The van der Waals surface area contributed by atoms with Crippen LogP contribution < -0.4 is 0 Å². The molecule has 4 nitrogen and oxygen atoms in total. The Morgan fingerprint density at radius 1 is 1.59 bits per heavy atom. The van der Waals surface area contributed by atoms with Gasteiger partial charge in [-0.3, -0.25) is 9.47 Å². The fraction of sp³-hybridized carbons (Fsp3) is 0.727. The molecule has 0 spiro atoms. The summed E-state index contributed by atoms with van der Waals surface area (Å²) in [5.41, 5.74) is 0. The molecular weight excluding hydrogens is 228 g/mol. The Morgan fingerprint density at radius 3 is 3.00 bits per heavy atom. The monoisotopic (exact) mass is 245 g/mol. The highest BCUT2D eigenvalue weighted by Crippen LogP contribution is 2.25. The molecule has 0 radical (unpaired) electrons. The molecule has 17 heavy (non-hydrogen) atoms. The maximum atomic E-state index is 12.6. The first-order valence-electron chi connectivity index (χ1n) is 5.78. The van der Waals surface area contributed by atoms with Crippen LogP contribution in [0, 0.1) is 5.92 Å². The van der Waals surface area contributed by atoms with E-state index in [0.717, 1.165) is 17.5 Å². The van der Waals surface area contributed by atoms with Gasteiger partial charge in [-0.15, -0.1) is 0 Å². The molecule has 6 heteroatoms. The van der Waals surface area contributed by atoms with E-state index in [9.17, 15) is 13.9 Å². The van der Waals surface area contributed by atoms with Gasteiger partial charge < -0.3 is 5.11 Å². The van der Waals surface area contributed by atoms with Crippen molar-refractivity contribution >= 4 is 0 Å². The van der Waals surface area contributed by atoms with Crippen LogP contribution in [0.5, 0.6) is 0 Å². The van der Waals surface area contributed by atoms with Crippen LogP contribution in [0.1, 0.15) is 25.7 Å². The average molecular weight is 245 g/mol. The molecule has 1 saturated heterocycles. The van der Waals surface area contributed by atoms with Gasteiger partial charge in [0.25, 0.3) is 0 Å². The Hall–Kier alpha value is -1.01. The first kappa shape index (κ1) is 12.4. The Kier molecular flexibility index (Phi) is 3.73. The molecular formula is C11H17F2N3O. The lowest BCUT2D eigenvalue weighted by atomic mass is 10.0. The zero-order chi connectivity index (χ0) is 12.4. The normalized spacial score (nSPS) is 25.9. The van der Waals surface area contributed by atoms with E-state index in [1.807, 2.05) is 4.90 Å². The van der Waals surface area contributed by atoms with Crippen LogP contribution in [0.15, 0.2) is 12.4 Å². The number of likely N-dealkylation sites (tertiary alicyclic amines) is 1. The fourth-order valence-corrected chi connectivity index (χ4v) is 2.41. The second kappa shape index (κ2) is 5.10. The predicted molar refractivity (Wildman–Crippen MR) is 58.5 cm³/mol. The lowest BCUT2D eigenvalue weighted by Gasteiger charge is -2.24. The zero-order valence-electron chi connectivity index (χ0n) is 9.76. The quantitative estimate of drug-likeness (QED) is 0.873. The topological polar surface area (TPSA) is 41.3 Å². The van der Waals surface area contributed by atoms with E-state index < -0.39 is 6.55 Å². The zero-order valence-corrected chi connectivity index (χ0v) is 9.76. The predicted octanol–water partition coefficient (Wildman–Crippen LogP) is 1.48. The second-order valence-electron chi connectivity index (χ2n) is 4.51. The number of alkyl halides is 2. The Labute approximate surface area is 98.9 Å². The lowest BCUT2D eigenvalue weighted by molar-refractivity contribution is 0.0612. The molecule has 0 amide bonds. The molecule has 0 aromatic carbocycles. The molecule has 0 bridgehead atoms. The van der Waals surface area contributed by atoms with Crippen LogP contribution in [0.3, 0.4) is 0 Å². The third-order valence-electron chi connectivity index (χ3n) is 3.49. The van der Waals surface area contributed by atoms with Gasteiger partial charge in [-0.25, -0.2) is 4.98 Å². The molecule has 1 N–H and O–H groups in total. The highest BCUT2D eigenvalue weighted by atomic mass is 19.3. The van der Waals surface area contributed by atoms with Crippen molar-refractivity contribution in [3.8, 4) is 0 Å². The standard InChI is InChI=1S/C11H17F2N3O/c1-8-2-4-15(9(8)7-17)6-10-14-3-5-16(10)11(12)13/h3,5,8-9,11,17H,2,4,6-7H2,1H3. The van der Waals surface area contributed by atoms with Crippen LogP contribution in [0.25, 0.3) is 0 Å². The number of nitrogens with zero attached hydrogens (tertiary/aromatic N) is 3. The van der Waals surface area contributed by atoms with Crippen LogP contribution in [-0.4, -0.2) is 38.8 Å². The highest BCUT2D eigenvalue weighted by molar-refractivity contribution is 4.95. The van der Waals surface area contributed by atoms with Gasteiger partial charge in [0.15, 0.2) is 0 Å². The van der Waals surface area contributed by atoms with Gasteiger partial charge in [-0.05, 0) is 18.9 Å². The molecule has 2 heterocycles. The number of imidazole rings is 1. The molecule has 1 aromatic rings. The smallest absolute Gasteiger partial charge is 0.319 e. The fourth-order valence-electron chi connectivity index (χ4n) is 2.41. The van der Waals surface area contributed by atoms with Gasteiger partial charge in [0, 0.05) is 18.4 Å². The number of hydrogen-bond donors (Lipinski definition) is 1. The SMILES string of the molecule is CC1CCN(Cc2nccn2C(F)F)C1CO. The molecule has 1 aliphatic heterocycles. The highest BCUT2D eigenvalue weighted by Gasteiger charge is 2.31. The van der Waals surface area contributed by atoms with Crippen molar-refractivity contribution in [3.63, 3.8) is 0 Å². The molecule has 0 aliphatic carbocycles. The number of aromatic nitrogens is 2. The van der Waals surface area contributed by atoms with E-state index in [1.54, 1.807) is 0 Å². The van der Waals surface area contributed by atoms with Crippen LogP contribution in [-0.2, 0) is 6.54 Å². The Morgan fingerprint density at radius 2 is 2.35 bits per heavy atom. The summed E-state index contributed by atoms with van der Waals surface area (Å²) in [5, 5.41) is 9.30. The lowest BCUT2D eigenvalue weighted by Crippen LogP contribution is -2.35. The van der Waals surface area contributed by atoms with Crippen molar-refractivity contribution in [2.75, 3.05) is 13.2 Å². The van der Waals surface area contributed by atoms with Crippen molar-refractivity contribution in [3.05, 3.63) is 18.2 Å². The van der Waals surface area contributed by atoms with E-state index in [4.69, 9.17) is 0 Å². The van der Waals surface area contributed by atoms with Gasteiger partial charge >= 0.3 is 6.55 Å². The van der Waals surface area contributed by atoms with Crippen molar-refractivity contribution in [2.45, 2.75) is 32.5 Å². The molecule has 1 aromatic heterocycles. The molecule has 0 saturated carbocycles. The largest absolute Gasteiger partial charge is 0.395 e. The first-order valence-corrected chi connectivity index (χ1v) is 5.78. The van der Waals surface area contributed by atoms with Gasteiger partial charge in [0.1, 0.15) is 5.82 Å². The number of hydrogen-bond acceptors (Lipinski definition) is 3. The van der Waals surface area contributed by atoms with Crippen molar-refractivity contribution in [1.82, 2.24) is 14.5 Å². The Bertz CT molecular complexity index is 369. The number of aliphatic hydroxyl groups is 1. The summed E-state index contributed by atoms with van der Waals surface area (Å²) in [6.07, 6.45) is 3.66. The van der Waals surface area contributed by atoms with E-state index in [0.29, 0.717) is 18.3 Å². The van der Waals surface area contributed by atoms with Crippen LogP contribution in [0.4, 0.5) is 8.78 Å². The minimum atomic E-state index is -2.56. The summed E-state index contributed by atoms with van der Waals surface area (Å²) >= 11 is 0. The minimum Gasteiger partial charge on any atom is -0.395 e. The van der Waals surface area contributed by atoms with Crippen LogP contribution >= 0.6 is 0 Å². The number of halogens is 2. The molecule has 96 valence electrons. The van der Waals surface area contributed by atoms with Crippen molar-refractivity contribution in [1.29, 1.82) is 0 Å². The first-order chi connectivity index (χ1) is 8.13. The third kappa shape index (κ3) is 2.47. The molecule has 1 fully saturated rings. The van der Waals surface area contributed by atoms with E-state index in [2.05, 4.69) is 11.9 Å². The van der Waals surface area contributed by atoms with Crippen molar-refractivity contribution < 1.29 is 13.9 Å². The van der Waals surface area contributed by atoms with Gasteiger partial charge in [-0.2, -0.15) is 8.78 Å². The van der Waals surface area contributed by atoms with Gasteiger partial charge in [0.2, 0.25) is 0 Å². The maximum Gasteiger partial charge on any atom is 0.319 e. The molecule has 1 aliphatic rings. The number of aliphatic hydroxyl groups excluding tert-OH is 1. The van der Waals surface area contributed by atoms with E-state index >= 15 is 0 Å². The molecule has 2 unspecified atom stereocenters. The van der Waals surface area contributed by atoms with Crippen LogP contribution in [0.2, 0.25) is 0 Å². The van der Waals surface area contributed by atoms with Gasteiger partial charge in [0.05, 0.1) is 13.2 Å². The van der Waals surface area contributed by atoms with E-state index in [1.165, 1.54) is 12.4 Å². The summed E-state index contributed by atoms with van der Waals surface area (Å²) in [4.78, 5) is 5.97. The summed E-state index contributed by atoms with van der Waals surface area (Å²) < 4.78 is 26.2. The maximum absolute atomic E-state index is 12.6. The minimum absolute atomic E-state index is 0.0535. The summed E-state index contributed by atoms with van der Waals surface area (Å²) in [7, 11) is 0. The summed E-state index contributed by atoms with van der Waals surface area (Å²) in [6, 6.07) is 0.0535. The Balaban J connectivity index is 2.08. The summed E-state index contributed by atoms with van der Waals surface area (Å²) in [6.45, 7) is 0.770. The second-order valence-corrected chi connectivity index (χ2v) is 4.51. The van der Waals surface area contributed by atoms with Crippen molar-refractivity contribution in [2.24, 2.45) is 5.92 Å². The number of rotatable bonds is 4. The molecule has 2 rings (SSSR count).